The Labute approximate surface area is 138 Å². The van der Waals surface area contributed by atoms with Gasteiger partial charge in [0.2, 0.25) is 0 Å². The normalized spacial score (nSPS) is 11.9. The third-order valence-corrected chi connectivity index (χ3v) is 3.38. The molecule has 24 heavy (non-hydrogen) atoms. The third-order valence-electron chi connectivity index (χ3n) is 3.38. The molecule has 128 valence electrons. The van der Waals surface area contributed by atoms with Gasteiger partial charge in [-0.3, -0.25) is 9.79 Å². The zero-order valence-electron chi connectivity index (χ0n) is 13.3. The molecule has 9 nitrogen and oxygen atoms in total. The molecule has 2 heterocycles. The number of nitrogens with one attached hydrogen (secondary N) is 1. The van der Waals surface area contributed by atoms with Crippen molar-refractivity contribution >= 4 is 23.5 Å². The van der Waals surface area contributed by atoms with E-state index in [-0.39, 0.29) is 18.1 Å². The summed E-state index contributed by atoms with van der Waals surface area (Å²) in [6.45, 7) is 2.23. The fourth-order valence-corrected chi connectivity index (χ4v) is 2.21. The first kappa shape index (κ1) is 17.3. The molecule has 0 radical (unpaired) electrons. The first-order valence-electron chi connectivity index (χ1n) is 7.41. The number of guanidine groups is 1. The van der Waals surface area contributed by atoms with E-state index in [2.05, 4.69) is 15.3 Å². The molecular weight excluding hydrogens is 312 g/mol. The number of amides is 1. The Balaban J connectivity index is 2.03. The molecule has 0 aliphatic rings. The second-order valence-electron chi connectivity index (χ2n) is 5.41. The number of aliphatic imine (C=N–C) groups is 1. The van der Waals surface area contributed by atoms with Gasteiger partial charge in [-0.2, -0.15) is 0 Å². The molecule has 0 bridgehead atoms. The molecule has 1 atom stereocenters. The van der Waals surface area contributed by atoms with Crippen molar-refractivity contribution < 1.29 is 14.7 Å². The number of nitrogens with two attached hydrogens (primary N) is 2. The van der Waals surface area contributed by atoms with Gasteiger partial charge in [-0.1, -0.05) is 6.07 Å². The number of aryl methyl sites for hydroxylation is 1. The topological polar surface area (TPSA) is 148 Å². The standard InChI is InChI=1S/C15H20N6O3/c1-9-4-5-12-19-11(8-21(12)7-9)13(22)20-10(14(23)24)3-2-6-18-15(16)17/h4-5,7-8,10H,2-3,6H2,1H3,(H,20,22)(H,23,24)(H4,16,17,18)/t10-/m0/s1. The summed E-state index contributed by atoms with van der Waals surface area (Å²) in [7, 11) is 0. The molecule has 1 amide bonds. The molecular formula is C15H20N6O3. The van der Waals surface area contributed by atoms with Gasteiger partial charge in [-0.25, -0.2) is 9.78 Å². The second kappa shape index (κ2) is 7.44. The molecule has 0 unspecified atom stereocenters. The molecule has 0 spiro atoms. The van der Waals surface area contributed by atoms with Crippen molar-refractivity contribution in [2.75, 3.05) is 6.54 Å². The van der Waals surface area contributed by atoms with Crippen LogP contribution in [0.25, 0.3) is 5.65 Å². The van der Waals surface area contributed by atoms with Crippen molar-refractivity contribution in [1.82, 2.24) is 14.7 Å². The molecule has 0 fully saturated rings. The van der Waals surface area contributed by atoms with E-state index in [9.17, 15) is 14.7 Å². The highest BCUT2D eigenvalue weighted by atomic mass is 16.4. The summed E-state index contributed by atoms with van der Waals surface area (Å²) in [5.41, 5.74) is 12.2. The molecule has 2 aromatic rings. The van der Waals surface area contributed by atoms with Crippen molar-refractivity contribution in [2.24, 2.45) is 16.5 Å². The number of hydrogen-bond donors (Lipinski definition) is 4. The van der Waals surface area contributed by atoms with Crippen molar-refractivity contribution in [3.8, 4) is 0 Å². The fourth-order valence-electron chi connectivity index (χ4n) is 2.21. The Kier molecular flexibility index (Phi) is 5.35. The predicted octanol–water partition coefficient (Wildman–Crippen LogP) is -0.121. The summed E-state index contributed by atoms with van der Waals surface area (Å²) in [6.07, 6.45) is 4.04. The van der Waals surface area contributed by atoms with E-state index >= 15 is 0 Å². The number of carboxylic acid groups (broad SMARTS) is 1. The highest BCUT2D eigenvalue weighted by Gasteiger charge is 2.21. The minimum Gasteiger partial charge on any atom is -0.480 e. The van der Waals surface area contributed by atoms with E-state index in [1.54, 1.807) is 16.7 Å². The SMILES string of the molecule is Cc1ccc2nc(C(=O)N[C@@H](CCCN=C(N)N)C(=O)O)cn2c1. The lowest BCUT2D eigenvalue weighted by atomic mass is 10.1. The van der Waals surface area contributed by atoms with E-state index in [4.69, 9.17) is 11.5 Å². The van der Waals surface area contributed by atoms with Crippen LogP contribution in [0.1, 0.15) is 28.9 Å². The van der Waals surface area contributed by atoms with Gasteiger partial charge >= 0.3 is 5.97 Å². The monoisotopic (exact) mass is 332 g/mol. The van der Waals surface area contributed by atoms with E-state index < -0.39 is 17.9 Å². The summed E-state index contributed by atoms with van der Waals surface area (Å²) >= 11 is 0. The predicted molar refractivity (Wildman–Crippen MR) is 88.7 cm³/mol. The molecule has 0 saturated carbocycles. The number of pyridine rings is 1. The van der Waals surface area contributed by atoms with E-state index in [1.165, 1.54) is 0 Å². The molecule has 0 aromatic carbocycles. The van der Waals surface area contributed by atoms with Crippen LogP contribution >= 0.6 is 0 Å². The van der Waals surface area contributed by atoms with Gasteiger partial charge in [-0.15, -0.1) is 0 Å². The average molecular weight is 332 g/mol. The number of carbonyl (C=O) groups excluding carboxylic acids is 1. The lowest BCUT2D eigenvalue weighted by Crippen LogP contribution is -2.41. The van der Waals surface area contributed by atoms with E-state index in [0.29, 0.717) is 18.6 Å². The minimum atomic E-state index is -1.12. The Bertz CT molecular complexity index is 779. The van der Waals surface area contributed by atoms with Crippen molar-refractivity contribution in [1.29, 1.82) is 0 Å². The van der Waals surface area contributed by atoms with Crippen LogP contribution in [0.2, 0.25) is 0 Å². The summed E-state index contributed by atoms with van der Waals surface area (Å²) < 4.78 is 1.72. The summed E-state index contributed by atoms with van der Waals surface area (Å²) in [4.78, 5) is 31.5. The largest absolute Gasteiger partial charge is 0.480 e. The van der Waals surface area contributed by atoms with Crippen LogP contribution in [0, 0.1) is 6.92 Å². The first-order valence-corrected chi connectivity index (χ1v) is 7.41. The summed E-state index contributed by atoms with van der Waals surface area (Å²) in [6, 6.07) is 2.64. The van der Waals surface area contributed by atoms with Gasteiger partial charge in [0.05, 0.1) is 0 Å². The Morgan fingerprint density at radius 1 is 1.38 bits per heavy atom. The number of fused-ring (bicyclic) bond motifs is 1. The third kappa shape index (κ3) is 4.45. The lowest BCUT2D eigenvalue weighted by Gasteiger charge is -2.12. The van der Waals surface area contributed by atoms with Crippen LogP contribution in [0.3, 0.4) is 0 Å². The van der Waals surface area contributed by atoms with Crippen LogP contribution < -0.4 is 16.8 Å². The number of aromatic nitrogens is 2. The second-order valence-corrected chi connectivity index (χ2v) is 5.41. The van der Waals surface area contributed by atoms with Crippen molar-refractivity contribution in [3.05, 3.63) is 35.8 Å². The lowest BCUT2D eigenvalue weighted by molar-refractivity contribution is -0.139. The molecule has 0 aliphatic heterocycles. The molecule has 6 N–H and O–H groups in total. The van der Waals surface area contributed by atoms with Gasteiger partial charge in [0.1, 0.15) is 17.4 Å². The number of nitrogens with zero attached hydrogens (tertiary/aromatic N) is 3. The zero-order valence-corrected chi connectivity index (χ0v) is 13.3. The van der Waals surface area contributed by atoms with Crippen molar-refractivity contribution in [2.45, 2.75) is 25.8 Å². The van der Waals surface area contributed by atoms with Gasteiger partial charge in [0.25, 0.3) is 5.91 Å². The number of rotatable bonds is 7. The highest BCUT2D eigenvalue weighted by molar-refractivity contribution is 5.95. The Morgan fingerprint density at radius 3 is 2.79 bits per heavy atom. The average Bonchev–Trinajstić information content (AvgIpc) is 2.92. The highest BCUT2D eigenvalue weighted by Crippen LogP contribution is 2.08. The maximum absolute atomic E-state index is 12.2. The van der Waals surface area contributed by atoms with Crippen LogP contribution in [0.4, 0.5) is 0 Å². The number of carbonyl (C=O) groups is 2. The van der Waals surface area contributed by atoms with Crippen LogP contribution in [0.5, 0.6) is 0 Å². The van der Waals surface area contributed by atoms with Gasteiger partial charge < -0.3 is 26.3 Å². The first-order chi connectivity index (χ1) is 11.4. The summed E-state index contributed by atoms with van der Waals surface area (Å²) in [5, 5.41) is 11.7. The van der Waals surface area contributed by atoms with Crippen LogP contribution in [0.15, 0.2) is 29.5 Å². The molecule has 9 heteroatoms. The fraction of sp³-hybridized carbons (Fsp3) is 0.333. The van der Waals surface area contributed by atoms with Gasteiger partial charge in [0.15, 0.2) is 5.96 Å². The number of aliphatic carboxylic acids is 1. The van der Waals surface area contributed by atoms with E-state index in [0.717, 1.165) is 5.56 Å². The maximum Gasteiger partial charge on any atom is 0.326 e. The van der Waals surface area contributed by atoms with E-state index in [1.807, 2.05) is 19.2 Å². The molecule has 0 saturated heterocycles. The zero-order chi connectivity index (χ0) is 17.7. The Hall–Kier alpha value is -3.10. The molecule has 2 rings (SSSR count). The Morgan fingerprint density at radius 2 is 2.12 bits per heavy atom. The summed E-state index contributed by atoms with van der Waals surface area (Å²) in [5.74, 6) is -1.70. The van der Waals surface area contributed by atoms with Crippen LogP contribution in [-0.4, -0.2) is 44.9 Å². The number of imidazole rings is 1. The van der Waals surface area contributed by atoms with Crippen LogP contribution in [-0.2, 0) is 4.79 Å². The minimum absolute atomic E-state index is 0.0501. The quantitative estimate of drug-likeness (QED) is 0.315. The molecule has 2 aromatic heterocycles. The smallest absolute Gasteiger partial charge is 0.326 e. The van der Waals surface area contributed by atoms with Gasteiger partial charge in [0, 0.05) is 18.9 Å². The van der Waals surface area contributed by atoms with Crippen molar-refractivity contribution in [3.63, 3.8) is 0 Å². The van der Waals surface area contributed by atoms with Gasteiger partial charge in [-0.05, 0) is 31.4 Å². The number of hydrogen-bond acceptors (Lipinski definition) is 4. The molecule has 0 aliphatic carbocycles. The number of carboxylic acids is 1. The maximum atomic E-state index is 12.2.